The van der Waals surface area contributed by atoms with Crippen LogP contribution in [0.1, 0.15) is 37.0 Å². The molecule has 5 heteroatoms. The third kappa shape index (κ3) is 3.83. The van der Waals surface area contributed by atoms with Gasteiger partial charge in [-0.1, -0.05) is 25.4 Å². The Morgan fingerprint density at radius 3 is 2.95 bits per heavy atom. The summed E-state index contributed by atoms with van der Waals surface area (Å²) in [4.78, 5) is 16.2. The van der Waals surface area contributed by atoms with Gasteiger partial charge in [-0.25, -0.2) is 4.98 Å². The number of hydrogen-bond acceptors (Lipinski definition) is 3. The molecule has 0 radical (unpaired) electrons. The molecule has 1 aliphatic rings. The number of aromatic nitrogens is 1. The molecule has 1 aromatic heterocycles. The van der Waals surface area contributed by atoms with Gasteiger partial charge in [0.2, 0.25) is 0 Å². The van der Waals surface area contributed by atoms with E-state index in [1.165, 1.54) is 12.6 Å². The Morgan fingerprint density at radius 2 is 2.32 bits per heavy atom. The fraction of sp³-hybridized carbons (Fsp3) is 0.571. The molecule has 0 aromatic carbocycles. The number of hydrogen-bond donors (Lipinski definition) is 2. The number of nitrogens with one attached hydrogen (secondary N) is 2. The van der Waals surface area contributed by atoms with Crippen LogP contribution < -0.4 is 10.6 Å². The predicted molar refractivity (Wildman–Crippen MR) is 77.6 cm³/mol. The van der Waals surface area contributed by atoms with Gasteiger partial charge in [-0.3, -0.25) is 4.79 Å². The lowest BCUT2D eigenvalue weighted by Crippen LogP contribution is -2.26. The van der Waals surface area contributed by atoms with E-state index in [1.807, 2.05) is 0 Å². The van der Waals surface area contributed by atoms with Gasteiger partial charge in [0.05, 0.1) is 10.6 Å². The fourth-order valence-corrected chi connectivity index (χ4v) is 2.15. The summed E-state index contributed by atoms with van der Waals surface area (Å²) in [5, 5.41) is 6.48. The van der Waals surface area contributed by atoms with Crippen molar-refractivity contribution in [3.63, 3.8) is 0 Å². The van der Waals surface area contributed by atoms with Crippen LogP contribution in [0.2, 0.25) is 5.02 Å². The lowest BCUT2D eigenvalue weighted by atomic mass is 10.2. The number of carbonyl (C=O) groups is 1. The van der Waals surface area contributed by atoms with Crippen LogP contribution in [0.15, 0.2) is 12.3 Å². The summed E-state index contributed by atoms with van der Waals surface area (Å²) < 4.78 is 0. The van der Waals surface area contributed by atoms with Crippen molar-refractivity contribution in [2.45, 2.75) is 26.7 Å². The van der Waals surface area contributed by atoms with Gasteiger partial charge in [-0.15, -0.1) is 0 Å². The summed E-state index contributed by atoms with van der Waals surface area (Å²) in [6, 6.07) is 1.71. The first-order valence-corrected chi connectivity index (χ1v) is 7.17. The molecular weight excluding hydrogens is 262 g/mol. The highest BCUT2D eigenvalue weighted by molar-refractivity contribution is 6.33. The molecule has 0 spiro atoms. The number of rotatable bonds is 6. The molecule has 19 heavy (non-hydrogen) atoms. The van der Waals surface area contributed by atoms with E-state index in [0.29, 0.717) is 22.3 Å². The zero-order valence-corrected chi connectivity index (χ0v) is 12.1. The maximum Gasteiger partial charge on any atom is 0.253 e. The summed E-state index contributed by atoms with van der Waals surface area (Å²) in [6.45, 7) is 5.84. The lowest BCUT2D eigenvalue weighted by Gasteiger charge is -2.09. The third-order valence-electron chi connectivity index (χ3n) is 3.46. The van der Waals surface area contributed by atoms with Crippen molar-refractivity contribution in [3.05, 3.63) is 22.8 Å². The molecule has 2 N–H and O–H groups in total. The van der Waals surface area contributed by atoms with Crippen molar-refractivity contribution in [2.75, 3.05) is 18.4 Å². The van der Waals surface area contributed by atoms with Crippen LogP contribution in [-0.2, 0) is 0 Å². The Balaban J connectivity index is 1.98. The third-order valence-corrected chi connectivity index (χ3v) is 3.76. The molecule has 1 fully saturated rings. The van der Waals surface area contributed by atoms with E-state index in [2.05, 4.69) is 29.5 Å². The van der Waals surface area contributed by atoms with E-state index in [9.17, 15) is 4.79 Å². The fourth-order valence-electron chi connectivity index (χ4n) is 1.96. The summed E-state index contributed by atoms with van der Waals surface area (Å²) in [5.41, 5.74) is 0.489. The molecule has 1 heterocycles. The number of halogens is 1. The van der Waals surface area contributed by atoms with Crippen LogP contribution in [0.4, 0.5) is 5.82 Å². The highest BCUT2D eigenvalue weighted by Crippen LogP contribution is 2.36. The molecule has 2 atom stereocenters. The molecule has 1 aliphatic carbocycles. The largest absolute Gasteiger partial charge is 0.370 e. The molecule has 1 amide bonds. The average molecular weight is 282 g/mol. The van der Waals surface area contributed by atoms with Crippen LogP contribution in [0.5, 0.6) is 0 Å². The molecule has 4 nitrogen and oxygen atoms in total. The standard InChI is InChI=1S/C14H20ClN3O/c1-3-4-16-13-6-11(12(15)8-17-13)14(19)18-7-10-5-9(10)2/h6,8-10H,3-5,7H2,1-2H3,(H,16,17)(H,18,19). The molecule has 2 rings (SSSR count). The topological polar surface area (TPSA) is 54.0 Å². The first-order chi connectivity index (χ1) is 9.11. The Kier molecular flexibility index (Phi) is 4.64. The van der Waals surface area contributed by atoms with Crippen molar-refractivity contribution >= 4 is 23.3 Å². The minimum absolute atomic E-state index is 0.119. The minimum atomic E-state index is -0.119. The highest BCUT2D eigenvalue weighted by atomic mass is 35.5. The molecule has 1 aromatic rings. The van der Waals surface area contributed by atoms with Gasteiger partial charge < -0.3 is 10.6 Å². The predicted octanol–water partition coefficient (Wildman–Crippen LogP) is 2.94. The van der Waals surface area contributed by atoms with E-state index in [0.717, 1.165) is 25.4 Å². The minimum Gasteiger partial charge on any atom is -0.370 e. The van der Waals surface area contributed by atoms with E-state index >= 15 is 0 Å². The molecule has 0 saturated heterocycles. The number of anilines is 1. The Labute approximate surface area is 118 Å². The Morgan fingerprint density at radius 1 is 1.58 bits per heavy atom. The number of amides is 1. The van der Waals surface area contributed by atoms with Gasteiger partial charge in [-0.2, -0.15) is 0 Å². The molecule has 0 bridgehead atoms. The summed E-state index contributed by atoms with van der Waals surface area (Å²) >= 11 is 6.03. The lowest BCUT2D eigenvalue weighted by molar-refractivity contribution is 0.0951. The second kappa shape index (κ2) is 6.24. The number of nitrogens with zero attached hydrogens (tertiary/aromatic N) is 1. The Hall–Kier alpha value is -1.29. The van der Waals surface area contributed by atoms with Crippen LogP contribution in [0, 0.1) is 11.8 Å². The van der Waals surface area contributed by atoms with Crippen molar-refractivity contribution < 1.29 is 4.79 Å². The van der Waals surface area contributed by atoms with Crippen molar-refractivity contribution in [1.29, 1.82) is 0 Å². The van der Waals surface area contributed by atoms with Crippen molar-refractivity contribution in [3.8, 4) is 0 Å². The first kappa shape index (κ1) is 14.1. The second-order valence-electron chi connectivity index (χ2n) is 5.16. The van der Waals surface area contributed by atoms with Gasteiger partial charge in [0.15, 0.2) is 0 Å². The SMILES string of the molecule is CCCNc1cc(C(=O)NCC2CC2C)c(Cl)cn1. The van der Waals surface area contributed by atoms with Crippen LogP contribution in [-0.4, -0.2) is 24.0 Å². The maximum absolute atomic E-state index is 12.1. The van der Waals surface area contributed by atoms with Crippen molar-refractivity contribution in [1.82, 2.24) is 10.3 Å². The van der Waals surface area contributed by atoms with Gasteiger partial charge in [0.1, 0.15) is 5.82 Å². The highest BCUT2D eigenvalue weighted by Gasteiger charge is 2.32. The van der Waals surface area contributed by atoms with E-state index in [1.54, 1.807) is 6.07 Å². The van der Waals surface area contributed by atoms with Crippen LogP contribution >= 0.6 is 11.6 Å². The van der Waals surface area contributed by atoms with E-state index < -0.39 is 0 Å². The van der Waals surface area contributed by atoms with Gasteiger partial charge in [-0.05, 0) is 30.7 Å². The van der Waals surface area contributed by atoms with Crippen LogP contribution in [0.25, 0.3) is 0 Å². The summed E-state index contributed by atoms with van der Waals surface area (Å²) in [7, 11) is 0. The van der Waals surface area contributed by atoms with Gasteiger partial charge >= 0.3 is 0 Å². The quantitative estimate of drug-likeness (QED) is 0.843. The molecule has 0 aliphatic heterocycles. The smallest absolute Gasteiger partial charge is 0.253 e. The van der Waals surface area contributed by atoms with E-state index in [-0.39, 0.29) is 5.91 Å². The summed E-state index contributed by atoms with van der Waals surface area (Å²) in [6.07, 6.45) is 3.73. The first-order valence-electron chi connectivity index (χ1n) is 6.79. The molecule has 1 saturated carbocycles. The van der Waals surface area contributed by atoms with E-state index in [4.69, 9.17) is 11.6 Å². The van der Waals surface area contributed by atoms with Gasteiger partial charge in [0, 0.05) is 19.3 Å². The van der Waals surface area contributed by atoms with Crippen molar-refractivity contribution in [2.24, 2.45) is 11.8 Å². The molecule has 104 valence electrons. The normalized spacial score (nSPS) is 21.0. The number of carbonyl (C=O) groups excluding carboxylic acids is 1. The average Bonchev–Trinajstić information content (AvgIpc) is 3.11. The molecule has 2 unspecified atom stereocenters. The Bertz CT molecular complexity index is 464. The summed E-state index contributed by atoms with van der Waals surface area (Å²) in [5.74, 6) is 1.93. The maximum atomic E-state index is 12.1. The molecular formula is C14H20ClN3O. The monoisotopic (exact) mass is 281 g/mol. The number of pyridine rings is 1. The van der Waals surface area contributed by atoms with Crippen LogP contribution in [0.3, 0.4) is 0 Å². The zero-order chi connectivity index (χ0) is 13.8. The zero-order valence-electron chi connectivity index (χ0n) is 11.4. The van der Waals surface area contributed by atoms with Gasteiger partial charge in [0.25, 0.3) is 5.91 Å². The second-order valence-corrected chi connectivity index (χ2v) is 5.57.